The highest BCUT2D eigenvalue weighted by molar-refractivity contribution is 5.95. The van der Waals surface area contributed by atoms with Crippen molar-refractivity contribution in [1.29, 1.82) is 0 Å². The number of alkyl halides is 3. The summed E-state index contributed by atoms with van der Waals surface area (Å²) >= 11 is 0. The zero-order valence-electron chi connectivity index (χ0n) is 11.6. The SMILES string of the molecule is COCCNCCNc1ccc(C(N)=O)c(C(F)(F)F)c1. The number of benzene rings is 1. The van der Waals surface area contributed by atoms with Crippen molar-refractivity contribution >= 4 is 11.6 Å². The fraction of sp³-hybridized carbons (Fsp3) is 0.462. The summed E-state index contributed by atoms with van der Waals surface area (Å²) in [7, 11) is 1.58. The number of hydrogen-bond donors (Lipinski definition) is 3. The van der Waals surface area contributed by atoms with Gasteiger partial charge in [-0.25, -0.2) is 0 Å². The first kappa shape index (κ1) is 17.3. The highest BCUT2D eigenvalue weighted by atomic mass is 19.4. The zero-order valence-corrected chi connectivity index (χ0v) is 11.6. The number of carbonyl (C=O) groups is 1. The number of halogens is 3. The van der Waals surface area contributed by atoms with Gasteiger partial charge in [0.05, 0.1) is 17.7 Å². The Morgan fingerprint density at radius 1 is 1.29 bits per heavy atom. The summed E-state index contributed by atoms with van der Waals surface area (Å²) in [5, 5.41) is 5.89. The Labute approximate surface area is 120 Å². The second-order valence-electron chi connectivity index (χ2n) is 4.29. The summed E-state index contributed by atoms with van der Waals surface area (Å²) in [6, 6.07) is 3.35. The lowest BCUT2D eigenvalue weighted by Crippen LogP contribution is -2.25. The molecule has 1 amide bonds. The number of amides is 1. The molecule has 118 valence electrons. The standard InChI is InChI=1S/C13H18F3N3O2/c1-21-7-6-18-4-5-19-9-2-3-10(12(17)20)11(8-9)13(14,15)16/h2-3,8,18-19H,4-7H2,1H3,(H2,17,20). The van der Waals surface area contributed by atoms with Crippen LogP contribution in [-0.4, -0.2) is 39.3 Å². The van der Waals surface area contributed by atoms with Crippen molar-refractivity contribution in [3.63, 3.8) is 0 Å². The maximum Gasteiger partial charge on any atom is 0.417 e. The Balaban J connectivity index is 2.66. The van der Waals surface area contributed by atoms with Gasteiger partial charge in [0.2, 0.25) is 5.91 Å². The van der Waals surface area contributed by atoms with Gasteiger partial charge in [-0.2, -0.15) is 13.2 Å². The molecule has 21 heavy (non-hydrogen) atoms. The number of nitrogens with two attached hydrogens (primary N) is 1. The molecule has 1 aromatic rings. The predicted molar refractivity (Wildman–Crippen MR) is 73.2 cm³/mol. The van der Waals surface area contributed by atoms with Crippen molar-refractivity contribution in [3.8, 4) is 0 Å². The van der Waals surface area contributed by atoms with Crippen molar-refractivity contribution in [2.24, 2.45) is 5.73 Å². The van der Waals surface area contributed by atoms with Gasteiger partial charge in [0.15, 0.2) is 0 Å². The van der Waals surface area contributed by atoms with Crippen LogP contribution in [0, 0.1) is 0 Å². The lowest BCUT2D eigenvalue weighted by atomic mass is 10.1. The lowest BCUT2D eigenvalue weighted by molar-refractivity contribution is -0.137. The number of primary amides is 1. The fourth-order valence-corrected chi connectivity index (χ4v) is 1.70. The number of carbonyl (C=O) groups excluding carboxylic acids is 1. The third-order valence-corrected chi connectivity index (χ3v) is 2.70. The van der Waals surface area contributed by atoms with E-state index in [9.17, 15) is 18.0 Å². The molecule has 1 aromatic carbocycles. The molecule has 0 unspecified atom stereocenters. The average Bonchev–Trinajstić information content (AvgIpc) is 2.41. The smallest absolute Gasteiger partial charge is 0.384 e. The molecular formula is C13H18F3N3O2. The first-order chi connectivity index (χ1) is 9.86. The minimum absolute atomic E-state index is 0.279. The number of hydrogen-bond acceptors (Lipinski definition) is 4. The number of anilines is 1. The van der Waals surface area contributed by atoms with E-state index in [4.69, 9.17) is 10.5 Å². The van der Waals surface area contributed by atoms with Crippen molar-refractivity contribution in [2.75, 3.05) is 38.7 Å². The summed E-state index contributed by atoms with van der Waals surface area (Å²) in [6.45, 7) is 2.23. The summed E-state index contributed by atoms with van der Waals surface area (Å²) in [4.78, 5) is 11.0. The van der Waals surface area contributed by atoms with Crippen LogP contribution in [0.3, 0.4) is 0 Å². The van der Waals surface area contributed by atoms with Gasteiger partial charge in [0, 0.05) is 32.4 Å². The molecule has 0 radical (unpaired) electrons. The highest BCUT2D eigenvalue weighted by Crippen LogP contribution is 2.33. The third kappa shape index (κ3) is 5.60. The van der Waals surface area contributed by atoms with E-state index in [0.29, 0.717) is 26.2 Å². The molecule has 8 heteroatoms. The van der Waals surface area contributed by atoms with Crippen LogP contribution in [0.5, 0.6) is 0 Å². The van der Waals surface area contributed by atoms with Crippen molar-refractivity contribution < 1.29 is 22.7 Å². The van der Waals surface area contributed by atoms with E-state index in [2.05, 4.69) is 10.6 Å². The molecule has 0 aliphatic carbocycles. The summed E-state index contributed by atoms with van der Waals surface area (Å²) in [5.41, 5.74) is 3.66. The van der Waals surface area contributed by atoms with Crippen molar-refractivity contribution in [2.45, 2.75) is 6.18 Å². The molecule has 5 nitrogen and oxygen atoms in total. The molecule has 0 saturated carbocycles. The predicted octanol–water partition coefficient (Wildman–Crippen LogP) is 1.45. The number of rotatable bonds is 8. The van der Waals surface area contributed by atoms with Crippen LogP contribution in [0.25, 0.3) is 0 Å². The van der Waals surface area contributed by atoms with Gasteiger partial charge in [-0.1, -0.05) is 0 Å². The van der Waals surface area contributed by atoms with Gasteiger partial charge in [-0.05, 0) is 18.2 Å². The second kappa shape index (κ2) is 7.84. The molecule has 1 rings (SSSR count). The van der Waals surface area contributed by atoms with Gasteiger partial charge in [0.1, 0.15) is 0 Å². The van der Waals surface area contributed by atoms with Crippen LogP contribution in [0.15, 0.2) is 18.2 Å². The van der Waals surface area contributed by atoms with E-state index in [1.807, 2.05) is 0 Å². The zero-order chi connectivity index (χ0) is 15.9. The quantitative estimate of drug-likeness (QED) is 0.635. The molecule has 0 aromatic heterocycles. The first-order valence-corrected chi connectivity index (χ1v) is 6.31. The van der Waals surface area contributed by atoms with E-state index in [1.165, 1.54) is 6.07 Å². The van der Waals surface area contributed by atoms with Crippen LogP contribution >= 0.6 is 0 Å². The molecule has 4 N–H and O–H groups in total. The van der Waals surface area contributed by atoms with Crippen LogP contribution < -0.4 is 16.4 Å². The molecule has 0 heterocycles. The summed E-state index contributed by atoms with van der Waals surface area (Å²) in [6.07, 6.45) is -4.63. The monoisotopic (exact) mass is 305 g/mol. The van der Waals surface area contributed by atoms with E-state index >= 15 is 0 Å². The minimum atomic E-state index is -4.63. The molecule has 0 atom stereocenters. The van der Waals surface area contributed by atoms with Gasteiger partial charge in [0.25, 0.3) is 0 Å². The van der Waals surface area contributed by atoms with Crippen LogP contribution in [0.2, 0.25) is 0 Å². The van der Waals surface area contributed by atoms with Crippen LogP contribution in [0.4, 0.5) is 18.9 Å². The molecule has 0 saturated heterocycles. The molecular weight excluding hydrogens is 287 g/mol. The number of methoxy groups -OCH3 is 1. The Morgan fingerprint density at radius 3 is 2.57 bits per heavy atom. The van der Waals surface area contributed by atoms with Gasteiger partial charge >= 0.3 is 6.18 Å². The largest absolute Gasteiger partial charge is 0.417 e. The Morgan fingerprint density at radius 2 is 2.00 bits per heavy atom. The molecule has 0 bridgehead atoms. The molecule has 0 fully saturated rings. The Kier molecular flexibility index (Phi) is 6.44. The van der Waals surface area contributed by atoms with Crippen LogP contribution in [0.1, 0.15) is 15.9 Å². The maximum absolute atomic E-state index is 12.9. The van der Waals surface area contributed by atoms with Gasteiger partial charge in [-0.15, -0.1) is 0 Å². The van der Waals surface area contributed by atoms with Gasteiger partial charge < -0.3 is 21.1 Å². The van der Waals surface area contributed by atoms with E-state index in [-0.39, 0.29) is 5.69 Å². The fourth-order valence-electron chi connectivity index (χ4n) is 1.70. The van der Waals surface area contributed by atoms with E-state index in [1.54, 1.807) is 7.11 Å². The number of nitrogens with one attached hydrogen (secondary N) is 2. The van der Waals surface area contributed by atoms with E-state index in [0.717, 1.165) is 12.1 Å². The average molecular weight is 305 g/mol. The molecule has 0 spiro atoms. The maximum atomic E-state index is 12.9. The van der Waals surface area contributed by atoms with Crippen molar-refractivity contribution in [3.05, 3.63) is 29.3 Å². The van der Waals surface area contributed by atoms with E-state index < -0.39 is 23.2 Å². The molecule has 0 aliphatic rings. The molecule has 0 aliphatic heterocycles. The highest BCUT2D eigenvalue weighted by Gasteiger charge is 2.35. The summed E-state index contributed by atoms with van der Waals surface area (Å²) < 4.78 is 43.4. The van der Waals surface area contributed by atoms with Crippen LogP contribution in [-0.2, 0) is 10.9 Å². The number of ether oxygens (including phenoxy) is 1. The lowest BCUT2D eigenvalue weighted by Gasteiger charge is -2.14. The van der Waals surface area contributed by atoms with Gasteiger partial charge in [-0.3, -0.25) is 4.79 Å². The normalized spacial score (nSPS) is 11.4. The van der Waals surface area contributed by atoms with Crippen molar-refractivity contribution in [1.82, 2.24) is 5.32 Å². The Hall–Kier alpha value is -1.80. The topological polar surface area (TPSA) is 76.4 Å². The Bertz CT molecular complexity index is 478. The summed E-state index contributed by atoms with van der Waals surface area (Å²) in [5.74, 6) is -1.10. The third-order valence-electron chi connectivity index (χ3n) is 2.70. The minimum Gasteiger partial charge on any atom is -0.384 e. The first-order valence-electron chi connectivity index (χ1n) is 6.31. The second-order valence-corrected chi connectivity index (χ2v) is 4.29.